The number of nitrogens with one attached hydrogen (secondary N) is 1. The van der Waals surface area contributed by atoms with Gasteiger partial charge in [-0.15, -0.1) is 0 Å². The van der Waals surface area contributed by atoms with Crippen molar-refractivity contribution in [1.29, 1.82) is 0 Å². The van der Waals surface area contributed by atoms with Crippen LogP contribution in [-0.2, 0) is 4.74 Å². The minimum atomic E-state index is 0.564. The van der Waals surface area contributed by atoms with Gasteiger partial charge < -0.3 is 10.1 Å². The van der Waals surface area contributed by atoms with Crippen LogP contribution in [0.5, 0.6) is 0 Å². The standard InChI is InChI=1S/C14H27NO/c1-3-12(11-16-2)15-13-7-10-14(13)8-5-4-6-9-14/h12-13,15H,3-11H2,1-2H3. The second-order valence-corrected chi connectivity index (χ2v) is 5.74. The molecule has 2 aliphatic carbocycles. The number of rotatable bonds is 5. The predicted octanol–water partition coefficient (Wildman–Crippen LogP) is 3.11. The first-order chi connectivity index (χ1) is 7.80. The van der Waals surface area contributed by atoms with Crippen LogP contribution in [0.4, 0.5) is 0 Å². The maximum Gasteiger partial charge on any atom is 0.0615 e. The van der Waals surface area contributed by atoms with E-state index in [1.165, 1.54) is 51.4 Å². The Hall–Kier alpha value is -0.0800. The summed E-state index contributed by atoms with van der Waals surface area (Å²) in [4.78, 5) is 0. The molecule has 2 saturated carbocycles. The molecule has 0 bridgehead atoms. The second kappa shape index (κ2) is 5.50. The molecular weight excluding hydrogens is 198 g/mol. The van der Waals surface area contributed by atoms with Crippen LogP contribution in [0.15, 0.2) is 0 Å². The van der Waals surface area contributed by atoms with Gasteiger partial charge in [0.2, 0.25) is 0 Å². The van der Waals surface area contributed by atoms with Crippen molar-refractivity contribution in [1.82, 2.24) is 5.32 Å². The fraction of sp³-hybridized carbons (Fsp3) is 1.00. The molecule has 2 rings (SSSR count). The highest BCUT2D eigenvalue weighted by atomic mass is 16.5. The zero-order valence-corrected chi connectivity index (χ0v) is 10.9. The van der Waals surface area contributed by atoms with Gasteiger partial charge in [0.1, 0.15) is 0 Å². The quantitative estimate of drug-likeness (QED) is 0.776. The van der Waals surface area contributed by atoms with Gasteiger partial charge in [-0.05, 0) is 37.5 Å². The van der Waals surface area contributed by atoms with Gasteiger partial charge in [0.25, 0.3) is 0 Å². The van der Waals surface area contributed by atoms with Crippen LogP contribution in [0.3, 0.4) is 0 Å². The van der Waals surface area contributed by atoms with E-state index in [2.05, 4.69) is 12.2 Å². The molecule has 0 amide bonds. The van der Waals surface area contributed by atoms with E-state index in [0.717, 1.165) is 12.6 Å². The van der Waals surface area contributed by atoms with E-state index >= 15 is 0 Å². The number of hydrogen-bond acceptors (Lipinski definition) is 2. The molecule has 2 fully saturated rings. The molecule has 0 heterocycles. The molecule has 94 valence electrons. The van der Waals surface area contributed by atoms with Crippen LogP contribution in [0.25, 0.3) is 0 Å². The van der Waals surface area contributed by atoms with Gasteiger partial charge in [0.15, 0.2) is 0 Å². The third-order valence-corrected chi connectivity index (χ3v) is 4.82. The summed E-state index contributed by atoms with van der Waals surface area (Å²) in [7, 11) is 1.81. The van der Waals surface area contributed by atoms with Crippen LogP contribution < -0.4 is 5.32 Å². The SMILES string of the molecule is CCC(COC)NC1CCC12CCCCC2. The third kappa shape index (κ3) is 2.43. The zero-order valence-electron chi connectivity index (χ0n) is 10.9. The van der Waals surface area contributed by atoms with Gasteiger partial charge in [-0.1, -0.05) is 26.2 Å². The van der Waals surface area contributed by atoms with Crippen molar-refractivity contribution in [3.8, 4) is 0 Å². The minimum Gasteiger partial charge on any atom is -0.383 e. The summed E-state index contributed by atoms with van der Waals surface area (Å²) in [6.07, 6.45) is 11.3. The maximum absolute atomic E-state index is 5.28. The predicted molar refractivity (Wildman–Crippen MR) is 67.6 cm³/mol. The molecule has 0 saturated heterocycles. The molecule has 0 aromatic heterocycles. The van der Waals surface area contributed by atoms with Crippen molar-refractivity contribution < 1.29 is 4.74 Å². The van der Waals surface area contributed by atoms with Gasteiger partial charge in [-0.2, -0.15) is 0 Å². The summed E-state index contributed by atoms with van der Waals surface area (Å²) in [5, 5.41) is 3.84. The topological polar surface area (TPSA) is 21.3 Å². The molecule has 1 spiro atoms. The zero-order chi connectivity index (χ0) is 11.4. The smallest absolute Gasteiger partial charge is 0.0615 e. The lowest BCUT2D eigenvalue weighted by atomic mass is 9.57. The van der Waals surface area contributed by atoms with Crippen LogP contribution >= 0.6 is 0 Å². The first kappa shape index (κ1) is 12.4. The average molecular weight is 225 g/mol. The Labute approximate surface area is 100 Å². The summed E-state index contributed by atoms with van der Waals surface area (Å²) in [5.41, 5.74) is 0.680. The number of hydrogen-bond donors (Lipinski definition) is 1. The second-order valence-electron chi connectivity index (χ2n) is 5.74. The van der Waals surface area contributed by atoms with Crippen molar-refractivity contribution in [3.63, 3.8) is 0 Å². The third-order valence-electron chi connectivity index (χ3n) is 4.82. The van der Waals surface area contributed by atoms with Crippen LogP contribution in [-0.4, -0.2) is 25.8 Å². The summed E-state index contributed by atoms with van der Waals surface area (Å²) in [5.74, 6) is 0. The van der Waals surface area contributed by atoms with E-state index < -0.39 is 0 Å². The minimum absolute atomic E-state index is 0.564. The molecule has 2 unspecified atom stereocenters. The number of ether oxygens (including phenoxy) is 1. The van der Waals surface area contributed by atoms with E-state index in [9.17, 15) is 0 Å². The Bertz CT molecular complexity index is 211. The van der Waals surface area contributed by atoms with Gasteiger partial charge in [0.05, 0.1) is 6.61 Å². The Morgan fingerprint density at radius 3 is 2.50 bits per heavy atom. The highest BCUT2D eigenvalue weighted by Gasteiger charge is 2.46. The molecule has 16 heavy (non-hydrogen) atoms. The Morgan fingerprint density at radius 2 is 2.00 bits per heavy atom. The van der Waals surface area contributed by atoms with Crippen LogP contribution in [0.1, 0.15) is 58.3 Å². The Balaban J connectivity index is 1.84. The van der Waals surface area contributed by atoms with Crippen molar-refractivity contribution in [3.05, 3.63) is 0 Å². The molecule has 0 aliphatic heterocycles. The summed E-state index contributed by atoms with van der Waals surface area (Å²) < 4.78 is 5.28. The highest BCUT2D eigenvalue weighted by molar-refractivity contribution is 5.02. The molecule has 0 radical (unpaired) electrons. The van der Waals surface area contributed by atoms with Crippen molar-refractivity contribution in [2.75, 3.05) is 13.7 Å². The van der Waals surface area contributed by atoms with Gasteiger partial charge >= 0.3 is 0 Å². The van der Waals surface area contributed by atoms with E-state index in [-0.39, 0.29) is 0 Å². The lowest BCUT2D eigenvalue weighted by molar-refractivity contribution is 0.00890. The Kier molecular flexibility index (Phi) is 4.26. The largest absolute Gasteiger partial charge is 0.383 e. The number of methoxy groups -OCH3 is 1. The van der Waals surface area contributed by atoms with Gasteiger partial charge in [0, 0.05) is 19.2 Å². The maximum atomic E-state index is 5.28. The van der Waals surface area contributed by atoms with E-state index in [4.69, 9.17) is 4.74 Å². The molecule has 0 aromatic rings. The Morgan fingerprint density at radius 1 is 1.25 bits per heavy atom. The van der Waals surface area contributed by atoms with Crippen molar-refractivity contribution in [2.45, 2.75) is 70.4 Å². The van der Waals surface area contributed by atoms with E-state index in [1.807, 2.05) is 7.11 Å². The van der Waals surface area contributed by atoms with Crippen LogP contribution in [0, 0.1) is 5.41 Å². The molecule has 1 N–H and O–H groups in total. The molecule has 2 nitrogen and oxygen atoms in total. The molecule has 0 aromatic carbocycles. The van der Waals surface area contributed by atoms with Crippen LogP contribution in [0.2, 0.25) is 0 Å². The van der Waals surface area contributed by atoms with E-state index in [0.29, 0.717) is 11.5 Å². The lowest BCUT2D eigenvalue weighted by Gasteiger charge is -2.53. The monoisotopic (exact) mass is 225 g/mol. The van der Waals surface area contributed by atoms with Crippen molar-refractivity contribution in [2.24, 2.45) is 5.41 Å². The van der Waals surface area contributed by atoms with Gasteiger partial charge in [-0.3, -0.25) is 0 Å². The molecule has 2 atom stereocenters. The summed E-state index contributed by atoms with van der Waals surface area (Å²) in [6, 6.07) is 1.35. The summed E-state index contributed by atoms with van der Waals surface area (Å²) >= 11 is 0. The first-order valence-electron chi connectivity index (χ1n) is 7.06. The molecular formula is C14H27NO. The summed E-state index contributed by atoms with van der Waals surface area (Å²) in [6.45, 7) is 3.12. The molecule has 2 aliphatic rings. The fourth-order valence-electron chi connectivity index (χ4n) is 3.58. The normalized spacial score (nSPS) is 30.0. The lowest BCUT2D eigenvalue weighted by Crippen LogP contribution is -2.57. The average Bonchev–Trinajstić information content (AvgIpc) is 2.34. The van der Waals surface area contributed by atoms with Gasteiger partial charge in [-0.25, -0.2) is 0 Å². The highest BCUT2D eigenvalue weighted by Crippen LogP contribution is 2.51. The first-order valence-corrected chi connectivity index (χ1v) is 7.06. The molecule has 2 heteroatoms. The fourth-order valence-corrected chi connectivity index (χ4v) is 3.58. The van der Waals surface area contributed by atoms with E-state index in [1.54, 1.807) is 0 Å². The van der Waals surface area contributed by atoms with Crippen molar-refractivity contribution >= 4 is 0 Å².